The minimum atomic E-state index is -0.238. The van der Waals surface area contributed by atoms with Crippen molar-refractivity contribution in [2.24, 2.45) is 0 Å². The predicted octanol–water partition coefficient (Wildman–Crippen LogP) is 2.76. The molecule has 0 heterocycles. The van der Waals surface area contributed by atoms with Gasteiger partial charge in [0.1, 0.15) is 6.10 Å². The summed E-state index contributed by atoms with van der Waals surface area (Å²) in [5, 5.41) is 2.58. The smallest absolute Gasteiger partial charge is 0.307 e. The van der Waals surface area contributed by atoms with Crippen LogP contribution in [0, 0.1) is 0 Å². The van der Waals surface area contributed by atoms with Crippen molar-refractivity contribution >= 4 is 27.8 Å². The van der Waals surface area contributed by atoms with E-state index in [1.165, 1.54) is 12.5 Å². The third-order valence-electron chi connectivity index (χ3n) is 3.44. The van der Waals surface area contributed by atoms with E-state index in [1.54, 1.807) is 0 Å². The molecule has 108 valence electrons. The number of hydrogen-bond donors (Lipinski definition) is 1. The van der Waals surface area contributed by atoms with E-state index in [-0.39, 0.29) is 24.4 Å². The fraction of sp³-hybridized carbons (Fsp3) is 0.467. The number of benzene rings is 1. The highest BCUT2D eigenvalue weighted by atomic mass is 79.9. The molecule has 1 saturated carbocycles. The molecule has 0 radical (unpaired) electrons. The van der Waals surface area contributed by atoms with Crippen molar-refractivity contribution in [1.82, 2.24) is 5.32 Å². The molecule has 0 aromatic heterocycles. The Labute approximate surface area is 127 Å². The van der Waals surface area contributed by atoms with Gasteiger partial charge in [-0.3, -0.25) is 9.59 Å². The molecule has 5 heteroatoms. The minimum absolute atomic E-state index is 0.0217. The van der Waals surface area contributed by atoms with Crippen LogP contribution in [0.25, 0.3) is 0 Å². The molecule has 0 unspecified atom stereocenters. The van der Waals surface area contributed by atoms with Gasteiger partial charge in [0.25, 0.3) is 0 Å². The maximum atomic E-state index is 11.5. The van der Waals surface area contributed by atoms with Crippen LogP contribution in [0.1, 0.15) is 37.7 Å². The van der Waals surface area contributed by atoms with Crippen molar-refractivity contribution < 1.29 is 14.3 Å². The summed E-state index contributed by atoms with van der Waals surface area (Å²) in [5.74, 6) is 0.117. The number of esters is 1. The standard InChI is InChI=1S/C15H18BrNO3/c1-10(18)17-7-6-15(19)20-14-8-12(9-14)11-2-4-13(16)5-3-11/h2-5,12,14H,6-9H2,1H3,(H,17,18). The van der Waals surface area contributed by atoms with Crippen LogP contribution in [0.5, 0.6) is 0 Å². The first-order valence-electron chi connectivity index (χ1n) is 6.74. The average Bonchev–Trinajstić information content (AvgIpc) is 2.34. The molecule has 1 aromatic carbocycles. The molecule has 1 amide bonds. The van der Waals surface area contributed by atoms with E-state index < -0.39 is 0 Å². The number of carbonyl (C=O) groups is 2. The monoisotopic (exact) mass is 339 g/mol. The van der Waals surface area contributed by atoms with Gasteiger partial charge in [-0.25, -0.2) is 0 Å². The van der Waals surface area contributed by atoms with Crippen LogP contribution in [-0.2, 0) is 14.3 Å². The molecule has 0 saturated heterocycles. The summed E-state index contributed by atoms with van der Waals surface area (Å²) in [7, 11) is 0. The van der Waals surface area contributed by atoms with E-state index in [9.17, 15) is 9.59 Å². The summed E-state index contributed by atoms with van der Waals surface area (Å²) < 4.78 is 6.41. The van der Waals surface area contributed by atoms with Crippen LogP contribution >= 0.6 is 15.9 Å². The Morgan fingerprint density at radius 2 is 1.95 bits per heavy atom. The normalized spacial score (nSPS) is 20.9. The van der Waals surface area contributed by atoms with Gasteiger partial charge in [-0.15, -0.1) is 0 Å². The lowest BCUT2D eigenvalue weighted by molar-refractivity contribution is -0.153. The largest absolute Gasteiger partial charge is 0.462 e. The Morgan fingerprint density at radius 3 is 2.55 bits per heavy atom. The SMILES string of the molecule is CC(=O)NCCC(=O)OC1CC(c2ccc(Br)cc2)C1. The summed E-state index contributed by atoms with van der Waals surface area (Å²) in [6.07, 6.45) is 2.02. The summed E-state index contributed by atoms with van der Waals surface area (Å²) >= 11 is 3.41. The number of halogens is 1. The van der Waals surface area contributed by atoms with Crippen molar-refractivity contribution in [3.05, 3.63) is 34.3 Å². The lowest BCUT2D eigenvalue weighted by Crippen LogP contribution is -2.33. The van der Waals surface area contributed by atoms with Crippen molar-refractivity contribution in [3.63, 3.8) is 0 Å². The number of nitrogens with one attached hydrogen (secondary N) is 1. The second-order valence-corrected chi connectivity index (χ2v) is 5.98. The molecular weight excluding hydrogens is 322 g/mol. The molecule has 1 aliphatic carbocycles. The van der Waals surface area contributed by atoms with E-state index in [1.807, 2.05) is 12.1 Å². The van der Waals surface area contributed by atoms with Gasteiger partial charge in [0.2, 0.25) is 5.91 Å². The first-order chi connectivity index (χ1) is 9.54. The van der Waals surface area contributed by atoms with Gasteiger partial charge in [0.15, 0.2) is 0 Å². The maximum Gasteiger partial charge on any atom is 0.307 e. The summed E-state index contributed by atoms with van der Waals surface area (Å²) in [4.78, 5) is 22.2. The lowest BCUT2D eigenvalue weighted by atomic mass is 9.77. The van der Waals surface area contributed by atoms with E-state index in [2.05, 4.69) is 33.4 Å². The summed E-state index contributed by atoms with van der Waals surface area (Å²) in [5.41, 5.74) is 1.29. The third-order valence-corrected chi connectivity index (χ3v) is 3.97. The summed E-state index contributed by atoms with van der Waals surface area (Å²) in [6, 6.07) is 8.26. The zero-order chi connectivity index (χ0) is 14.5. The van der Waals surface area contributed by atoms with Crippen LogP contribution < -0.4 is 5.32 Å². The number of rotatable bonds is 5. The lowest BCUT2D eigenvalue weighted by Gasteiger charge is -2.35. The van der Waals surface area contributed by atoms with Gasteiger partial charge >= 0.3 is 5.97 Å². The van der Waals surface area contributed by atoms with E-state index in [0.29, 0.717) is 12.5 Å². The number of ether oxygens (including phenoxy) is 1. The van der Waals surface area contributed by atoms with Crippen LogP contribution in [0.4, 0.5) is 0 Å². The van der Waals surface area contributed by atoms with Gasteiger partial charge in [0.05, 0.1) is 6.42 Å². The Morgan fingerprint density at radius 1 is 1.30 bits per heavy atom. The highest BCUT2D eigenvalue weighted by molar-refractivity contribution is 9.10. The predicted molar refractivity (Wildman–Crippen MR) is 79.3 cm³/mol. The highest BCUT2D eigenvalue weighted by Gasteiger charge is 2.32. The quantitative estimate of drug-likeness (QED) is 0.839. The third kappa shape index (κ3) is 4.34. The first kappa shape index (κ1) is 15.0. The van der Waals surface area contributed by atoms with Gasteiger partial charge in [0, 0.05) is 17.9 Å². The minimum Gasteiger partial charge on any atom is -0.462 e. The fourth-order valence-corrected chi connectivity index (χ4v) is 2.52. The molecule has 4 nitrogen and oxygen atoms in total. The Hall–Kier alpha value is -1.36. The van der Waals surface area contributed by atoms with E-state index in [4.69, 9.17) is 4.74 Å². The topological polar surface area (TPSA) is 55.4 Å². The summed E-state index contributed by atoms with van der Waals surface area (Å²) in [6.45, 7) is 1.77. The second kappa shape index (κ2) is 6.88. The zero-order valence-corrected chi connectivity index (χ0v) is 13.0. The van der Waals surface area contributed by atoms with Crippen molar-refractivity contribution in [2.75, 3.05) is 6.54 Å². The molecular formula is C15H18BrNO3. The molecule has 0 atom stereocenters. The molecule has 2 rings (SSSR count). The number of hydrogen-bond acceptors (Lipinski definition) is 3. The molecule has 0 aliphatic heterocycles. The molecule has 1 aromatic rings. The van der Waals surface area contributed by atoms with Crippen LogP contribution in [-0.4, -0.2) is 24.5 Å². The van der Waals surface area contributed by atoms with Crippen LogP contribution in [0.15, 0.2) is 28.7 Å². The van der Waals surface area contributed by atoms with Crippen LogP contribution in [0.3, 0.4) is 0 Å². The van der Waals surface area contributed by atoms with E-state index >= 15 is 0 Å². The maximum absolute atomic E-state index is 11.5. The molecule has 0 bridgehead atoms. The van der Waals surface area contributed by atoms with Crippen LogP contribution in [0.2, 0.25) is 0 Å². The fourth-order valence-electron chi connectivity index (χ4n) is 2.25. The van der Waals surface area contributed by atoms with Gasteiger partial charge in [-0.05, 0) is 36.5 Å². The van der Waals surface area contributed by atoms with Gasteiger partial charge in [-0.1, -0.05) is 28.1 Å². The number of amides is 1. The Kier molecular flexibility index (Phi) is 5.17. The Balaban J connectivity index is 1.67. The van der Waals surface area contributed by atoms with Crippen molar-refractivity contribution in [2.45, 2.75) is 38.2 Å². The molecule has 1 N–H and O–H groups in total. The molecule has 20 heavy (non-hydrogen) atoms. The second-order valence-electron chi connectivity index (χ2n) is 5.06. The van der Waals surface area contributed by atoms with Crippen molar-refractivity contribution in [3.8, 4) is 0 Å². The molecule has 1 aliphatic rings. The number of carbonyl (C=O) groups excluding carboxylic acids is 2. The zero-order valence-electron chi connectivity index (χ0n) is 11.4. The van der Waals surface area contributed by atoms with E-state index in [0.717, 1.165) is 17.3 Å². The Bertz CT molecular complexity index is 480. The van der Waals surface area contributed by atoms with Crippen molar-refractivity contribution in [1.29, 1.82) is 0 Å². The van der Waals surface area contributed by atoms with Gasteiger partial charge in [-0.2, -0.15) is 0 Å². The average molecular weight is 340 g/mol. The molecule has 1 fully saturated rings. The van der Waals surface area contributed by atoms with Gasteiger partial charge < -0.3 is 10.1 Å². The molecule has 0 spiro atoms. The highest BCUT2D eigenvalue weighted by Crippen LogP contribution is 2.39. The first-order valence-corrected chi connectivity index (χ1v) is 7.53.